The Bertz CT molecular complexity index is 1550. The molecule has 206 valence electrons. The number of piperazine rings is 1. The van der Waals surface area contributed by atoms with Crippen LogP contribution in [0.2, 0.25) is 0 Å². The minimum absolute atomic E-state index is 0.0277. The molecule has 5 rings (SSSR count). The maximum absolute atomic E-state index is 13.2. The van der Waals surface area contributed by atoms with Crippen LogP contribution in [0.5, 0.6) is 5.75 Å². The molecule has 15 heteroatoms. The molecule has 2 saturated heterocycles. The van der Waals surface area contributed by atoms with Crippen LogP contribution in [0.3, 0.4) is 0 Å². The molecule has 1 atom stereocenters. The standard InChI is InChI=1S/C25H23N7O8/c33-13-30-7-9-31(10-8-30)25-27-11-16-21(37)17(12-26-22(16)29-25)23(38)28-20(14-1-3-15(34)4-2-14)24(39)40-32-18(35)5-6-19(32)36/h1-4,11-13,20,34H,5-10H2,(H,28,38)(H,26,27,29,37)/t20-/m1/s1. The van der Waals surface area contributed by atoms with Crippen LogP contribution in [0.15, 0.2) is 41.5 Å². The quantitative estimate of drug-likeness (QED) is 0.251. The summed E-state index contributed by atoms with van der Waals surface area (Å²) in [5.41, 5.74) is -0.709. The van der Waals surface area contributed by atoms with Crippen molar-refractivity contribution in [2.75, 3.05) is 31.1 Å². The van der Waals surface area contributed by atoms with E-state index in [1.54, 1.807) is 4.90 Å². The van der Waals surface area contributed by atoms with Crippen LogP contribution in [0.4, 0.5) is 5.95 Å². The Balaban J connectivity index is 1.39. The van der Waals surface area contributed by atoms with E-state index >= 15 is 0 Å². The van der Waals surface area contributed by atoms with Gasteiger partial charge in [0.1, 0.15) is 17.0 Å². The second-order valence-corrected chi connectivity index (χ2v) is 9.08. The number of nitrogens with one attached hydrogen (secondary N) is 2. The number of aromatic nitrogens is 3. The van der Waals surface area contributed by atoms with Crippen molar-refractivity contribution in [2.45, 2.75) is 18.9 Å². The SMILES string of the molecule is O=CN1CCN(c2ncc3c(=O)c(C(=O)N[C@@H](C(=O)ON4C(=O)CCC4=O)c4ccc(O)cc4)c[nH]c3n2)CC1. The molecule has 2 aliphatic heterocycles. The summed E-state index contributed by atoms with van der Waals surface area (Å²) in [6, 6.07) is 3.68. The van der Waals surface area contributed by atoms with Gasteiger partial charge in [-0.2, -0.15) is 4.98 Å². The van der Waals surface area contributed by atoms with Crippen molar-refractivity contribution in [1.82, 2.24) is 30.2 Å². The Kier molecular flexibility index (Phi) is 7.09. The van der Waals surface area contributed by atoms with Crippen molar-refractivity contribution in [3.05, 3.63) is 58.0 Å². The van der Waals surface area contributed by atoms with Crippen molar-refractivity contribution >= 4 is 47.1 Å². The van der Waals surface area contributed by atoms with Gasteiger partial charge in [0.15, 0.2) is 6.04 Å². The first kappa shape index (κ1) is 26.3. The number of fused-ring (bicyclic) bond motifs is 1. The van der Waals surface area contributed by atoms with Crippen LogP contribution in [0.1, 0.15) is 34.8 Å². The number of imide groups is 1. The lowest BCUT2D eigenvalue weighted by molar-refractivity contribution is -0.199. The number of amides is 4. The lowest BCUT2D eigenvalue weighted by Crippen LogP contribution is -2.46. The van der Waals surface area contributed by atoms with Crippen molar-refractivity contribution in [1.29, 1.82) is 0 Å². The number of nitrogens with zero attached hydrogens (tertiary/aromatic N) is 5. The molecule has 0 bridgehead atoms. The molecule has 0 aliphatic carbocycles. The van der Waals surface area contributed by atoms with E-state index in [1.165, 1.54) is 30.5 Å². The second kappa shape index (κ2) is 10.8. The monoisotopic (exact) mass is 549 g/mol. The zero-order valence-electron chi connectivity index (χ0n) is 20.9. The third-order valence-electron chi connectivity index (χ3n) is 6.53. The molecule has 4 heterocycles. The van der Waals surface area contributed by atoms with E-state index in [-0.39, 0.29) is 40.8 Å². The van der Waals surface area contributed by atoms with Crippen LogP contribution >= 0.6 is 0 Å². The number of hydrogen-bond donors (Lipinski definition) is 3. The molecule has 3 aromatic rings. The van der Waals surface area contributed by atoms with Gasteiger partial charge in [-0.25, -0.2) is 9.78 Å². The number of aromatic amines is 1. The number of carbonyl (C=O) groups excluding carboxylic acids is 5. The highest BCUT2D eigenvalue weighted by atomic mass is 16.7. The van der Waals surface area contributed by atoms with Crippen LogP contribution in [0, 0.1) is 0 Å². The zero-order chi connectivity index (χ0) is 28.4. The highest BCUT2D eigenvalue weighted by Crippen LogP contribution is 2.22. The first-order valence-corrected chi connectivity index (χ1v) is 12.3. The molecule has 0 unspecified atom stereocenters. The number of phenols is 1. The molecule has 0 spiro atoms. The summed E-state index contributed by atoms with van der Waals surface area (Å²) in [6.45, 7) is 2.03. The molecular weight excluding hydrogens is 526 g/mol. The Morgan fingerprint density at radius 1 is 1.05 bits per heavy atom. The number of H-pyrrole nitrogens is 1. The van der Waals surface area contributed by atoms with Gasteiger partial charge in [0, 0.05) is 51.4 Å². The van der Waals surface area contributed by atoms with E-state index < -0.39 is 35.2 Å². The van der Waals surface area contributed by atoms with Gasteiger partial charge >= 0.3 is 5.97 Å². The van der Waals surface area contributed by atoms with Crippen molar-refractivity contribution in [3.8, 4) is 5.75 Å². The number of pyridine rings is 1. The summed E-state index contributed by atoms with van der Waals surface area (Å²) < 4.78 is 0. The predicted molar refractivity (Wildman–Crippen MR) is 136 cm³/mol. The third kappa shape index (κ3) is 5.16. The molecule has 2 aromatic heterocycles. The molecule has 4 amide bonds. The van der Waals surface area contributed by atoms with Crippen LogP contribution in [0.25, 0.3) is 11.0 Å². The van der Waals surface area contributed by atoms with Crippen LogP contribution in [-0.2, 0) is 24.0 Å². The summed E-state index contributed by atoms with van der Waals surface area (Å²) >= 11 is 0. The lowest BCUT2D eigenvalue weighted by Gasteiger charge is -2.32. The van der Waals surface area contributed by atoms with Gasteiger partial charge in [-0.1, -0.05) is 12.1 Å². The zero-order valence-corrected chi connectivity index (χ0v) is 20.9. The van der Waals surface area contributed by atoms with Crippen LogP contribution < -0.4 is 15.6 Å². The van der Waals surface area contributed by atoms with Gasteiger partial charge in [-0.15, -0.1) is 5.06 Å². The number of carbonyl (C=O) groups is 5. The number of phenolic OH excluding ortho intramolecular Hbond substituents is 1. The Labute approximate surface area is 225 Å². The average Bonchev–Trinajstić information content (AvgIpc) is 3.28. The van der Waals surface area contributed by atoms with E-state index in [0.29, 0.717) is 37.2 Å². The fourth-order valence-corrected chi connectivity index (χ4v) is 4.30. The smallest absolute Gasteiger partial charge is 0.359 e. The molecule has 3 N–H and O–H groups in total. The van der Waals surface area contributed by atoms with E-state index in [2.05, 4.69) is 20.3 Å². The Hall–Kier alpha value is -5.34. The first-order chi connectivity index (χ1) is 19.2. The first-order valence-electron chi connectivity index (χ1n) is 12.3. The second-order valence-electron chi connectivity index (χ2n) is 9.08. The highest BCUT2D eigenvalue weighted by molar-refractivity contribution is 6.02. The molecule has 40 heavy (non-hydrogen) atoms. The number of hydrogen-bond acceptors (Lipinski definition) is 11. The molecule has 1 aromatic carbocycles. The predicted octanol–water partition coefficient (Wildman–Crippen LogP) is -0.620. The van der Waals surface area contributed by atoms with Gasteiger partial charge in [-0.3, -0.25) is 24.0 Å². The fourth-order valence-electron chi connectivity index (χ4n) is 4.30. The molecular formula is C25H23N7O8. The van der Waals surface area contributed by atoms with Crippen molar-refractivity contribution in [2.24, 2.45) is 0 Å². The maximum Gasteiger partial charge on any atom is 0.359 e. The summed E-state index contributed by atoms with van der Waals surface area (Å²) in [5.74, 6) is -3.26. The topological polar surface area (TPSA) is 195 Å². The molecule has 0 saturated carbocycles. The normalized spacial score (nSPS) is 16.2. The van der Waals surface area contributed by atoms with Gasteiger partial charge in [0.05, 0.1) is 5.39 Å². The Morgan fingerprint density at radius 2 is 1.73 bits per heavy atom. The molecule has 2 fully saturated rings. The molecule has 0 radical (unpaired) electrons. The largest absolute Gasteiger partial charge is 0.508 e. The van der Waals surface area contributed by atoms with Crippen LogP contribution in [-0.4, -0.2) is 86.3 Å². The van der Waals surface area contributed by atoms with E-state index in [9.17, 15) is 33.9 Å². The minimum atomic E-state index is -1.53. The average molecular weight is 550 g/mol. The number of anilines is 1. The van der Waals surface area contributed by atoms with Gasteiger partial charge in [0.2, 0.25) is 17.8 Å². The number of aromatic hydroxyl groups is 1. The molecule has 15 nitrogen and oxygen atoms in total. The summed E-state index contributed by atoms with van der Waals surface area (Å²) in [7, 11) is 0. The van der Waals surface area contributed by atoms with Crippen molar-refractivity contribution < 1.29 is 33.9 Å². The number of rotatable bonds is 7. The number of hydroxylamine groups is 2. The third-order valence-corrected chi connectivity index (χ3v) is 6.53. The van der Waals surface area contributed by atoms with E-state index in [1.807, 2.05) is 4.90 Å². The maximum atomic E-state index is 13.2. The fraction of sp³-hybridized carbons (Fsp3) is 0.280. The van der Waals surface area contributed by atoms with Gasteiger partial charge in [-0.05, 0) is 17.7 Å². The van der Waals surface area contributed by atoms with Gasteiger partial charge in [0.25, 0.3) is 17.7 Å². The molecule has 2 aliphatic rings. The van der Waals surface area contributed by atoms with E-state index in [0.717, 1.165) is 12.6 Å². The highest BCUT2D eigenvalue weighted by Gasteiger charge is 2.36. The summed E-state index contributed by atoms with van der Waals surface area (Å²) in [4.78, 5) is 94.1. The van der Waals surface area contributed by atoms with Crippen molar-refractivity contribution in [3.63, 3.8) is 0 Å². The summed E-state index contributed by atoms with van der Waals surface area (Å²) in [6.07, 6.45) is 2.98. The Morgan fingerprint density at radius 3 is 2.38 bits per heavy atom. The minimum Gasteiger partial charge on any atom is -0.508 e. The van der Waals surface area contributed by atoms with Gasteiger partial charge < -0.3 is 30.0 Å². The lowest BCUT2D eigenvalue weighted by atomic mass is 10.1. The summed E-state index contributed by atoms with van der Waals surface area (Å²) in [5, 5.41) is 12.4. The van der Waals surface area contributed by atoms with E-state index in [4.69, 9.17) is 4.84 Å². The number of benzene rings is 1.